The Morgan fingerprint density at radius 2 is 2.00 bits per heavy atom. The van der Waals surface area contributed by atoms with Gasteiger partial charge in [-0.05, 0) is 19.1 Å². The van der Waals surface area contributed by atoms with Crippen LogP contribution in [0.4, 0.5) is 12.0 Å². The second-order valence-electron chi connectivity index (χ2n) is 5.71. The van der Waals surface area contributed by atoms with Crippen LogP contribution in [0.1, 0.15) is 16.1 Å². The number of rotatable bonds is 3. The number of carbonyl (C=O) groups is 1. The molecule has 1 saturated heterocycles. The molecule has 128 valence electrons. The van der Waals surface area contributed by atoms with Crippen LogP contribution >= 0.6 is 0 Å². The summed E-state index contributed by atoms with van der Waals surface area (Å²) in [5, 5.41) is 2.93. The van der Waals surface area contributed by atoms with Crippen molar-refractivity contribution < 1.29 is 13.9 Å². The van der Waals surface area contributed by atoms with E-state index in [0.717, 1.165) is 5.52 Å². The minimum absolute atomic E-state index is 0.0748. The van der Waals surface area contributed by atoms with Crippen molar-refractivity contribution >= 4 is 29.0 Å². The number of nitrogens with one attached hydrogen (secondary N) is 1. The minimum Gasteiger partial charge on any atom is -0.423 e. The van der Waals surface area contributed by atoms with E-state index in [9.17, 15) is 4.79 Å². The van der Waals surface area contributed by atoms with E-state index in [2.05, 4.69) is 20.3 Å². The van der Waals surface area contributed by atoms with Gasteiger partial charge >= 0.3 is 6.01 Å². The number of fused-ring (bicyclic) bond motifs is 1. The molecule has 0 radical (unpaired) electrons. The summed E-state index contributed by atoms with van der Waals surface area (Å²) in [5.41, 5.74) is 2.52. The van der Waals surface area contributed by atoms with Crippen molar-refractivity contribution in [1.82, 2.24) is 19.9 Å². The number of oxazole rings is 1. The first-order chi connectivity index (χ1) is 12.2. The molecule has 1 aromatic carbocycles. The summed E-state index contributed by atoms with van der Waals surface area (Å²) in [6.07, 6.45) is 1.53. The molecule has 3 aromatic rings. The zero-order chi connectivity index (χ0) is 17.2. The van der Waals surface area contributed by atoms with E-state index in [4.69, 9.17) is 9.15 Å². The lowest BCUT2D eigenvalue weighted by Crippen LogP contribution is -2.41. The molecular weight excluding hydrogens is 322 g/mol. The summed E-state index contributed by atoms with van der Waals surface area (Å²) in [6.45, 7) is 4.07. The largest absolute Gasteiger partial charge is 0.423 e. The Bertz CT molecular complexity index is 885. The van der Waals surface area contributed by atoms with Gasteiger partial charge in [0.2, 0.25) is 5.95 Å². The van der Waals surface area contributed by atoms with Crippen LogP contribution in [0.3, 0.4) is 0 Å². The quantitative estimate of drug-likeness (QED) is 0.781. The Balaban J connectivity index is 1.53. The van der Waals surface area contributed by atoms with Crippen LogP contribution in [0.5, 0.6) is 0 Å². The van der Waals surface area contributed by atoms with E-state index >= 15 is 0 Å². The molecule has 0 spiro atoms. The number of aryl methyl sites for hydroxylation is 1. The van der Waals surface area contributed by atoms with Crippen molar-refractivity contribution in [1.29, 1.82) is 0 Å². The Morgan fingerprint density at radius 1 is 1.20 bits per heavy atom. The van der Waals surface area contributed by atoms with Gasteiger partial charge < -0.3 is 14.1 Å². The molecule has 0 saturated carbocycles. The van der Waals surface area contributed by atoms with Gasteiger partial charge in [0.15, 0.2) is 5.58 Å². The topological polar surface area (TPSA) is 93.4 Å². The van der Waals surface area contributed by atoms with Crippen LogP contribution in [-0.2, 0) is 4.74 Å². The number of amides is 1. The molecule has 25 heavy (non-hydrogen) atoms. The molecule has 1 aliphatic rings. The van der Waals surface area contributed by atoms with Crippen molar-refractivity contribution in [3.8, 4) is 0 Å². The highest BCUT2D eigenvalue weighted by atomic mass is 16.5. The molecule has 1 fully saturated rings. The Hall–Kier alpha value is -3.00. The first-order valence-corrected chi connectivity index (χ1v) is 8.04. The van der Waals surface area contributed by atoms with Crippen molar-refractivity contribution in [2.75, 3.05) is 31.6 Å². The maximum absolute atomic E-state index is 12.5. The van der Waals surface area contributed by atoms with Crippen LogP contribution in [-0.4, -0.2) is 52.1 Å². The van der Waals surface area contributed by atoms with E-state index in [0.29, 0.717) is 55.1 Å². The Morgan fingerprint density at radius 3 is 2.76 bits per heavy atom. The van der Waals surface area contributed by atoms with Crippen molar-refractivity contribution in [2.24, 2.45) is 0 Å². The fourth-order valence-corrected chi connectivity index (χ4v) is 2.70. The molecule has 8 nitrogen and oxygen atoms in total. The smallest absolute Gasteiger partial charge is 0.302 e. The van der Waals surface area contributed by atoms with E-state index in [1.807, 2.05) is 24.3 Å². The van der Waals surface area contributed by atoms with E-state index in [1.165, 1.54) is 6.20 Å². The van der Waals surface area contributed by atoms with Gasteiger partial charge in [-0.3, -0.25) is 10.1 Å². The molecule has 1 amide bonds. The third-order valence-electron chi connectivity index (χ3n) is 4.02. The summed E-state index contributed by atoms with van der Waals surface area (Å²) >= 11 is 0. The highest BCUT2D eigenvalue weighted by molar-refractivity contribution is 5.95. The number of carbonyl (C=O) groups excluding carboxylic acids is 1. The number of para-hydroxylation sites is 2. The Labute approximate surface area is 143 Å². The third kappa shape index (κ3) is 3.16. The van der Waals surface area contributed by atoms with Gasteiger partial charge in [0.25, 0.3) is 5.91 Å². The monoisotopic (exact) mass is 339 g/mol. The number of anilines is 2. The molecule has 4 rings (SSSR count). The standard InChI is InChI=1S/C17H17N5O3/c1-11-12(15(23)22-6-8-24-9-7-22)10-18-16(19-11)21-17-20-13-4-2-3-5-14(13)25-17/h2-5,10H,6-9H2,1H3,(H,18,19,20,21). The molecule has 1 N–H and O–H groups in total. The molecule has 3 heterocycles. The summed E-state index contributed by atoms with van der Waals surface area (Å²) in [5.74, 6) is 0.261. The highest BCUT2D eigenvalue weighted by Crippen LogP contribution is 2.20. The maximum atomic E-state index is 12.5. The molecule has 8 heteroatoms. The van der Waals surface area contributed by atoms with E-state index < -0.39 is 0 Å². The van der Waals surface area contributed by atoms with Gasteiger partial charge in [-0.1, -0.05) is 12.1 Å². The Kier molecular flexibility index (Phi) is 4.02. The summed E-state index contributed by atoms with van der Waals surface area (Å²) in [6, 6.07) is 7.78. The number of nitrogens with zero attached hydrogens (tertiary/aromatic N) is 4. The number of ether oxygens (including phenoxy) is 1. The fraction of sp³-hybridized carbons (Fsp3) is 0.294. The van der Waals surface area contributed by atoms with E-state index in [1.54, 1.807) is 11.8 Å². The van der Waals surface area contributed by atoms with Crippen LogP contribution in [0, 0.1) is 6.92 Å². The van der Waals surface area contributed by atoms with Gasteiger partial charge in [-0.2, -0.15) is 4.98 Å². The summed E-state index contributed by atoms with van der Waals surface area (Å²) in [7, 11) is 0. The summed E-state index contributed by atoms with van der Waals surface area (Å²) in [4.78, 5) is 27.2. The lowest BCUT2D eigenvalue weighted by molar-refractivity contribution is 0.0302. The first kappa shape index (κ1) is 15.5. The van der Waals surface area contributed by atoms with Crippen molar-refractivity contribution in [3.63, 3.8) is 0 Å². The van der Waals surface area contributed by atoms with Gasteiger partial charge in [-0.25, -0.2) is 9.97 Å². The molecule has 0 bridgehead atoms. The lowest BCUT2D eigenvalue weighted by atomic mass is 10.2. The van der Waals surface area contributed by atoms with Crippen molar-refractivity contribution in [3.05, 3.63) is 41.7 Å². The molecule has 0 atom stereocenters. The van der Waals surface area contributed by atoms with E-state index in [-0.39, 0.29) is 5.91 Å². The van der Waals surface area contributed by atoms with Crippen LogP contribution in [0.25, 0.3) is 11.1 Å². The fourth-order valence-electron chi connectivity index (χ4n) is 2.70. The minimum atomic E-state index is -0.0748. The second kappa shape index (κ2) is 6.48. The highest BCUT2D eigenvalue weighted by Gasteiger charge is 2.21. The zero-order valence-electron chi connectivity index (χ0n) is 13.7. The van der Waals surface area contributed by atoms with Crippen LogP contribution in [0.15, 0.2) is 34.9 Å². The van der Waals surface area contributed by atoms with Crippen molar-refractivity contribution in [2.45, 2.75) is 6.92 Å². The second-order valence-corrected chi connectivity index (χ2v) is 5.71. The molecule has 0 unspecified atom stereocenters. The van der Waals surface area contributed by atoms with Crippen LogP contribution < -0.4 is 5.32 Å². The number of hydrogen-bond acceptors (Lipinski definition) is 7. The molecule has 1 aliphatic heterocycles. The maximum Gasteiger partial charge on any atom is 0.302 e. The van der Waals surface area contributed by atoms with Gasteiger partial charge in [0.05, 0.1) is 24.5 Å². The summed E-state index contributed by atoms with van der Waals surface area (Å²) < 4.78 is 10.9. The van der Waals surface area contributed by atoms with Gasteiger partial charge in [-0.15, -0.1) is 0 Å². The molecular formula is C17H17N5O3. The third-order valence-corrected chi connectivity index (χ3v) is 4.02. The number of hydrogen-bond donors (Lipinski definition) is 1. The normalized spacial score (nSPS) is 14.7. The average molecular weight is 339 g/mol. The first-order valence-electron chi connectivity index (χ1n) is 8.04. The lowest BCUT2D eigenvalue weighted by Gasteiger charge is -2.27. The number of morpholine rings is 1. The molecule has 2 aromatic heterocycles. The zero-order valence-corrected chi connectivity index (χ0v) is 13.7. The predicted octanol–water partition coefficient (Wildman–Crippen LogP) is 2.14. The average Bonchev–Trinajstić information content (AvgIpc) is 3.04. The number of aromatic nitrogens is 3. The van der Waals surface area contributed by atoms with Crippen LogP contribution in [0.2, 0.25) is 0 Å². The van der Waals surface area contributed by atoms with Gasteiger partial charge in [0.1, 0.15) is 5.52 Å². The molecule has 0 aliphatic carbocycles. The van der Waals surface area contributed by atoms with Gasteiger partial charge in [0, 0.05) is 19.3 Å². The number of benzene rings is 1. The SMILES string of the molecule is Cc1nc(Nc2nc3ccccc3o2)ncc1C(=O)N1CCOCC1. The predicted molar refractivity (Wildman–Crippen MR) is 90.8 cm³/mol.